The highest BCUT2D eigenvalue weighted by atomic mass is 16.5. The Morgan fingerprint density at radius 3 is 3.00 bits per heavy atom. The summed E-state index contributed by atoms with van der Waals surface area (Å²) in [5.41, 5.74) is 0. The Labute approximate surface area is 55.2 Å². The van der Waals surface area contributed by atoms with Gasteiger partial charge in [-0.15, -0.1) is 0 Å². The SMILES string of the molecule is CCO[C@@H]1CCCC1=O. The van der Waals surface area contributed by atoms with E-state index in [9.17, 15) is 4.79 Å². The number of carbonyl (C=O) groups excluding carboxylic acids is 1. The Morgan fingerprint density at radius 1 is 1.78 bits per heavy atom. The quantitative estimate of drug-likeness (QED) is 0.557. The molecule has 1 aliphatic rings. The van der Waals surface area contributed by atoms with E-state index in [2.05, 4.69) is 0 Å². The molecule has 1 saturated carbocycles. The average Bonchev–Trinajstić information content (AvgIpc) is 2.18. The molecule has 0 bridgehead atoms. The van der Waals surface area contributed by atoms with Crippen molar-refractivity contribution in [1.82, 2.24) is 0 Å². The lowest BCUT2D eigenvalue weighted by atomic mass is 10.3. The van der Waals surface area contributed by atoms with Gasteiger partial charge < -0.3 is 4.74 Å². The summed E-state index contributed by atoms with van der Waals surface area (Å²) in [5, 5.41) is 0. The molecule has 0 aromatic carbocycles. The van der Waals surface area contributed by atoms with Crippen molar-refractivity contribution in [3.63, 3.8) is 0 Å². The zero-order chi connectivity index (χ0) is 6.69. The topological polar surface area (TPSA) is 26.3 Å². The summed E-state index contributed by atoms with van der Waals surface area (Å²) in [4.78, 5) is 10.8. The molecule has 0 unspecified atom stereocenters. The van der Waals surface area contributed by atoms with Crippen molar-refractivity contribution in [2.24, 2.45) is 0 Å². The van der Waals surface area contributed by atoms with Crippen LogP contribution < -0.4 is 0 Å². The molecule has 0 saturated heterocycles. The first-order valence-electron chi connectivity index (χ1n) is 3.49. The van der Waals surface area contributed by atoms with Crippen LogP contribution in [-0.2, 0) is 9.53 Å². The van der Waals surface area contributed by atoms with Crippen molar-refractivity contribution in [2.45, 2.75) is 32.3 Å². The van der Waals surface area contributed by atoms with Gasteiger partial charge in [0.05, 0.1) is 0 Å². The molecule has 0 aliphatic heterocycles. The second-order valence-corrected chi connectivity index (χ2v) is 2.30. The van der Waals surface area contributed by atoms with E-state index in [0.717, 1.165) is 19.3 Å². The molecule has 1 fully saturated rings. The fourth-order valence-corrected chi connectivity index (χ4v) is 1.16. The maximum Gasteiger partial charge on any atom is 0.161 e. The van der Waals surface area contributed by atoms with E-state index >= 15 is 0 Å². The molecule has 0 amide bonds. The molecule has 0 spiro atoms. The monoisotopic (exact) mass is 128 g/mol. The zero-order valence-corrected chi connectivity index (χ0v) is 5.72. The van der Waals surface area contributed by atoms with Gasteiger partial charge in [-0.25, -0.2) is 0 Å². The summed E-state index contributed by atoms with van der Waals surface area (Å²) in [7, 11) is 0. The van der Waals surface area contributed by atoms with Gasteiger partial charge in [0.1, 0.15) is 6.10 Å². The smallest absolute Gasteiger partial charge is 0.161 e. The minimum Gasteiger partial charge on any atom is -0.371 e. The van der Waals surface area contributed by atoms with Gasteiger partial charge in [-0.3, -0.25) is 4.79 Å². The van der Waals surface area contributed by atoms with Crippen LogP contribution >= 0.6 is 0 Å². The van der Waals surface area contributed by atoms with Crippen LogP contribution in [-0.4, -0.2) is 18.5 Å². The molecule has 2 heteroatoms. The van der Waals surface area contributed by atoms with Gasteiger partial charge in [0.2, 0.25) is 0 Å². The molecule has 9 heavy (non-hydrogen) atoms. The minimum absolute atomic E-state index is 0.0602. The largest absolute Gasteiger partial charge is 0.371 e. The van der Waals surface area contributed by atoms with Crippen LogP contribution in [0.5, 0.6) is 0 Å². The summed E-state index contributed by atoms with van der Waals surface area (Å²) < 4.78 is 5.17. The predicted molar refractivity (Wildman–Crippen MR) is 34.3 cm³/mol. The first kappa shape index (κ1) is 6.75. The first-order chi connectivity index (χ1) is 4.34. The predicted octanol–water partition coefficient (Wildman–Crippen LogP) is 1.14. The van der Waals surface area contributed by atoms with Crippen molar-refractivity contribution in [2.75, 3.05) is 6.61 Å². The van der Waals surface area contributed by atoms with E-state index in [4.69, 9.17) is 4.74 Å². The van der Waals surface area contributed by atoms with Gasteiger partial charge in [0.15, 0.2) is 5.78 Å². The molecular weight excluding hydrogens is 116 g/mol. The van der Waals surface area contributed by atoms with Crippen LogP contribution in [0, 0.1) is 0 Å². The summed E-state index contributed by atoms with van der Waals surface area (Å²) in [6.07, 6.45) is 2.62. The van der Waals surface area contributed by atoms with Crippen molar-refractivity contribution < 1.29 is 9.53 Å². The lowest BCUT2D eigenvalue weighted by Crippen LogP contribution is -2.16. The third kappa shape index (κ3) is 1.52. The third-order valence-electron chi connectivity index (χ3n) is 1.62. The molecule has 0 aromatic heterocycles. The number of Topliss-reactive ketones (excluding diaryl/α,β-unsaturated/α-hetero) is 1. The van der Waals surface area contributed by atoms with E-state index in [1.807, 2.05) is 6.92 Å². The van der Waals surface area contributed by atoms with Crippen LogP contribution in [0.15, 0.2) is 0 Å². The van der Waals surface area contributed by atoms with Crippen molar-refractivity contribution in [1.29, 1.82) is 0 Å². The highest BCUT2D eigenvalue weighted by Gasteiger charge is 2.23. The molecule has 0 radical (unpaired) electrons. The summed E-state index contributed by atoms with van der Waals surface area (Å²) in [6, 6.07) is 0. The Balaban J connectivity index is 2.31. The Bertz CT molecular complexity index is 109. The first-order valence-corrected chi connectivity index (χ1v) is 3.49. The van der Waals surface area contributed by atoms with E-state index in [1.54, 1.807) is 0 Å². The number of ketones is 1. The standard InChI is InChI=1S/C7H12O2/c1-2-9-7-5-3-4-6(7)8/h7H,2-5H2,1H3/t7-/m1/s1. The number of ether oxygens (including phenoxy) is 1. The molecule has 0 heterocycles. The van der Waals surface area contributed by atoms with Crippen molar-refractivity contribution in [3.05, 3.63) is 0 Å². The Kier molecular flexibility index (Phi) is 2.22. The molecule has 0 aromatic rings. The maximum atomic E-state index is 10.8. The van der Waals surface area contributed by atoms with E-state index < -0.39 is 0 Å². The van der Waals surface area contributed by atoms with Gasteiger partial charge in [-0.2, -0.15) is 0 Å². The van der Waals surface area contributed by atoms with Gasteiger partial charge in [-0.05, 0) is 19.8 Å². The summed E-state index contributed by atoms with van der Waals surface area (Å²) in [5.74, 6) is 0.289. The van der Waals surface area contributed by atoms with Crippen molar-refractivity contribution >= 4 is 5.78 Å². The zero-order valence-electron chi connectivity index (χ0n) is 5.72. The van der Waals surface area contributed by atoms with Crippen LogP contribution in [0.25, 0.3) is 0 Å². The van der Waals surface area contributed by atoms with Gasteiger partial charge in [0, 0.05) is 13.0 Å². The number of carbonyl (C=O) groups is 1. The van der Waals surface area contributed by atoms with Crippen molar-refractivity contribution in [3.8, 4) is 0 Å². The van der Waals surface area contributed by atoms with Crippen LogP contribution in [0.1, 0.15) is 26.2 Å². The molecule has 1 atom stereocenters. The van der Waals surface area contributed by atoms with E-state index in [1.165, 1.54) is 0 Å². The normalized spacial score (nSPS) is 27.2. The molecular formula is C7H12O2. The fourth-order valence-electron chi connectivity index (χ4n) is 1.16. The lowest BCUT2D eigenvalue weighted by molar-refractivity contribution is -0.127. The number of hydrogen-bond acceptors (Lipinski definition) is 2. The van der Waals surface area contributed by atoms with Gasteiger partial charge >= 0.3 is 0 Å². The third-order valence-corrected chi connectivity index (χ3v) is 1.62. The lowest BCUT2D eigenvalue weighted by Gasteiger charge is -2.05. The van der Waals surface area contributed by atoms with Crippen LogP contribution in [0.4, 0.5) is 0 Å². The van der Waals surface area contributed by atoms with Gasteiger partial charge in [0.25, 0.3) is 0 Å². The molecule has 52 valence electrons. The fraction of sp³-hybridized carbons (Fsp3) is 0.857. The second-order valence-electron chi connectivity index (χ2n) is 2.30. The second kappa shape index (κ2) is 2.97. The molecule has 1 rings (SSSR count). The van der Waals surface area contributed by atoms with E-state index in [0.29, 0.717) is 6.61 Å². The number of hydrogen-bond donors (Lipinski definition) is 0. The minimum atomic E-state index is -0.0602. The molecule has 2 nitrogen and oxygen atoms in total. The summed E-state index contributed by atoms with van der Waals surface area (Å²) >= 11 is 0. The van der Waals surface area contributed by atoms with Crippen LogP contribution in [0.2, 0.25) is 0 Å². The maximum absolute atomic E-state index is 10.8. The van der Waals surface area contributed by atoms with E-state index in [-0.39, 0.29) is 11.9 Å². The molecule has 0 N–H and O–H groups in total. The summed E-state index contributed by atoms with van der Waals surface area (Å²) in [6.45, 7) is 2.59. The average molecular weight is 128 g/mol. The highest BCUT2D eigenvalue weighted by molar-refractivity contribution is 5.84. The Morgan fingerprint density at radius 2 is 2.56 bits per heavy atom. The van der Waals surface area contributed by atoms with Crippen LogP contribution in [0.3, 0.4) is 0 Å². The Hall–Kier alpha value is -0.370. The number of rotatable bonds is 2. The van der Waals surface area contributed by atoms with Gasteiger partial charge in [-0.1, -0.05) is 0 Å². The molecule has 1 aliphatic carbocycles. The highest BCUT2D eigenvalue weighted by Crippen LogP contribution is 2.16.